The summed E-state index contributed by atoms with van der Waals surface area (Å²) in [4.78, 5) is 13.5. The van der Waals surface area contributed by atoms with Crippen LogP contribution in [-0.4, -0.2) is 35.2 Å². The predicted molar refractivity (Wildman–Crippen MR) is 76.9 cm³/mol. The first-order chi connectivity index (χ1) is 9.47. The van der Waals surface area contributed by atoms with Gasteiger partial charge in [-0.1, -0.05) is 12.1 Å². The van der Waals surface area contributed by atoms with Crippen LogP contribution in [0.2, 0.25) is 0 Å². The lowest BCUT2D eigenvalue weighted by atomic mass is 10.0. The Hall–Kier alpha value is -1.62. The van der Waals surface area contributed by atoms with Gasteiger partial charge in [-0.05, 0) is 44.9 Å². The van der Waals surface area contributed by atoms with Gasteiger partial charge in [-0.3, -0.25) is 0 Å². The Labute approximate surface area is 119 Å². The van der Waals surface area contributed by atoms with E-state index in [-0.39, 0.29) is 17.9 Å². The van der Waals surface area contributed by atoms with Crippen molar-refractivity contribution in [3.63, 3.8) is 0 Å². The maximum atomic E-state index is 12.8. The Morgan fingerprint density at radius 1 is 1.30 bits per heavy atom. The van der Waals surface area contributed by atoms with Crippen molar-refractivity contribution in [1.82, 2.24) is 10.2 Å². The second-order valence-electron chi connectivity index (χ2n) is 4.83. The first kappa shape index (κ1) is 16.4. The normalized spacial score (nSPS) is 13.7. The molecule has 2 amide bonds. The van der Waals surface area contributed by atoms with Gasteiger partial charge in [-0.15, -0.1) is 0 Å². The van der Waals surface area contributed by atoms with E-state index in [1.165, 1.54) is 12.1 Å². The van der Waals surface area contributed by atoms with Gasteiger partial charge in [0.25, 0.3) is 0 Å². The standard InChI is InChI=1S/C15H23FN2O2/c1-4-18(5-2)15(20)17-11(3)10-14(19)12-6-8-13(16)9-7-12/h6-9,11,14,19H,4-5,10H2,1-3H3,(H,17,20). The zero-order valence-electron chi connectivity index (χ0n) is 12.3. The fourth-order valence-corrected chi connectivity index (χ4v) is 2.03. The summed E-state index contributed by atoms with van der Waals surface area (Å²) in [7, 11) is 0. The number of urea groups is 1. The fourth-order valence-electron chi connectivity index (χ4n) is 2.03. The first-order valence-electron chi connectivity index (χ1n) is 6.96. The van der Waals surface area contributed by atoms with Crippen molar-refractivity contribution in [2.24, 2.45) is 0 Å². The number of nitrogens with zero attached hydrogens (tertiary/aromatic N) is 1. The van der Waals surface area contributed by atoms with E-state index in [2.05, 4.69) is 5.32 Å². The average molecular weight is 282 g/mol. The Morgan fingerprint density at radius 3 is 2.35 bits per heavy atom. The Balaban J connectivity index is 2.51. The van der Waals surface area contributed by atoms with Gasteiger partial charge in [-0.2, -0.15) is 0 Å². The molecule has 0 aromatic heterocycles. The molecule has 0 spiro atoms. The molecular weight excluding hydrogens is 259 g/mol. The third-order valence-corrected chi connectivity index (χ3v) is 3.25. The third-order valence-electron chi connectivity index (χ3n) is 3.25. The van der Waals surface area contributed by atoms with E-state index >= 15 is 0 Å². The molecule has 0 aliphatic carbocycles. The number of carbonyl (C=O) groups excluding carboxylic acids is 1. The maximum Gasteiger partial charge on any atom is 0.317 e. The van der Waals surface area contributed by atoms with Gasteiger partial charge in [0.1, 0.15) is 5.82 Å². The van der Waals surface area contributed by atoms with Crippen LogP contribution in [0.15, 0.2) is 24.3 Å². The largest absolute Gasteiger partial charge is 0.388 e. The van der Waals surface area contributed by atoms with E-state index in [0.717, 1.165) is 0 Å². The number of aliphatic hydroxyl groups excluding tert-OH is 1. The molecule has 5 heteroatoms. The lowest BCUT2D eigenvalue weighted by molar-refractivity contribution is 0.150. The number of rotatable bonds is 6. The van der Waals surface area contributed by atoms with Gasteiger partial charge < -0.3 is 15.3 Å². The Kier molecular flexibility index (Phi) is 6.45. The van der Waals surface area contributed by atoms with Gasteiger partial charge in [0.15, 0.2) is 0 Å². The molecule has 2 unspecified atom stereocenters. The molecule has 0 saturated heterocycles. The lowest BCUT2D eigenvalue weighted by Crippen LogP contribution is -2.44. The van der Waals surface area contributed by atoms with Crippen LogP contribution < -0.4 is 5.32 Å². The molecule has 0 fully saturated rings. The number of hydrogen-bond acceptors (Lipinski definition) is 2. The fraction of sp³-hybridized carbons (Fsp3) is 0.533. The summed E-state index contributed by atoms with van der Waals surface area (Å²) < 4.78 is 12.8. The highest BCUT2D eigenvalue weighted by molar-refractivity contribution is 5.74. The summed E-state index contributed by atoms with van der Waals surface area (Å²) in [6.07, 6.45) is -0.332. The number of amides is 2. The Bertz CT molecular complexity index is 418. The number of carbonyl (C=O) groups is 1. The van der Waals surface area contributed by atoms with Crippen molar-refractivity contribution in [3.05, 3.63) is 35.6 Å². The van der Waals surface area contributed by atoms with Gasteiger partial charge >= 0.3 is 6.03 Å². The third kappa shape index (κ3) is 4.81. The minimum absolute atomic E-state index is 0.131. The van der Waals surface area contributed by atoms with Crippen LogP contribution in [0, 0.1) is 5.82 Å². The summed E-state index contributed by atoms with van der Waals surface area (Å²) in [5.74, 6) is -0.330. The molecule has 0 saturated carbocycles. The smallest absolute Gasteiger partial charge is 0.317 e. The van der Waals surface area contributed by atoms with Gasteiger partial charge in [0.05, 0.1) is 6.10 Å². The van der Waals surface area contributed by atoms with Crippen molar-refractivity contribution in [2.45, 2.75) is 39.3 Å². The molecule has 1 rings (SSSR count). The molecule has 1 aromatic carbocycles. The number of nitrogens with one attached hydrogen (secondary N) is 1. The molecule has 112 valence electrons. The molecule has 0 bridgehead atoms. The van der Waals surface area contributed by atoms with Gasteiger partial charge in [0.2, 0.25) is 0 Å². The predicted octanol–water partition coefficient (Wildman–Crippen LogP) is 2.69. The zero-order chi connectivity index (χ0) is 15.1. The number of hydrogen-bond donors (Lipinski definition) is 2. The summed E-state index contributed by atoms with van der Waals surface area (Å²) in [5, 5.41) is 12.9. The van der Waals surface area contributed by atoms with Crippen molar-refractivity contribution in [3.8, 4) is 0 Å². The SMILES string of the molecule is CCN(CC)C(=O)NC(C)CC(O)c1ccc(F)cc1. The van der Waals surface area contributed by atoms with E-state index in [9.17, 15) is 14.3 Å². The summed E-state index contributed by atoms with van der Waals surface area (Å²) >= 11 is 0. The van der Waals surface area contributed by atoms with E-state index in [1.54, 1.807) is 17.0 Å². The molecule has 1 aromatic rings. The van der Waals surface area contributed by atoms with E-state index in [1.807, 2.05) is 20.8 Å². The molecule has 20 heavy (non-hydrogen) atoms. The Morgan fingerprint density at radius 2 is 1.85 bits per heavy atom. The second-order valence-corrected chi connectivity index (χ2v) is 4.83. The quantitative estimate of drug-likeness (QED) is 0.843. The summed E-state index contributed by atoms with van der Waals surface area (Å²) in [6, 6.07) is 5.45. The first-order valence-corrected chi connectivity index (χ1v) is 6.96. The molecule has 0 radical (unpaired) electrons. The van der Waals surface area contributed by atoms with E-state index in [0.29, 0.717) is 25.1 Å². The van der Waals surface area contributed by atoms with Crippen molar-refractivity contribution < 1.29 is 14.3 Å². The highest BCUT2D eigenvalue weighted by Gasteiger charge is 2.16. The molecule has 2 N–H and O–H groups in total. The van der Waals surface area contributed by atoms with Crippen LogP contribution in [0.3, 0.4) is 0 Å². The van der Waals surface area contributed by atoms with Crippen molar-refractivity contribution in [2.75, 3.05) is 13.1 Å². The van der Waals surface area contributed by atoms with Crippen LogP contribution in [-0.2, 0) is 0 Å². The van der Waals surface area contributed by atoms with Crippen LogP contribution in [0.4, 0.5) is 9.18 Å². The lowest BCUT2D eigenvalue weighted by Gasteiger charge is -2.24. The molecular formula is C15H23FN2O2. The number of benzene rings is 1. The van der Waals surface area contributed by atoms with Crippen LogP contribution in [0.1, 0.15) is 38.9 Å². The topological polar surface area (TPSA) is 52.6 Å². The maximum absolute atomic E-state index is 12.8. The molecule has 0 heterocycles. The van der Waals surface area contributed by atoms with E-state index in [4.69, 9.17) is 0 Å². The number of aliphatic hydroxyl groups is 1. The number of halogens is 1. The average Bonchev–Trinajstić information content (AvgIpc) is 2.40. The van der Waals surface area contributed by atoms with Crippen LogP contribution in [0.25, 0.3) is 0 Å². The van der Waals surface area contributed by atoms with Crippen molar-refractivity contribution in [1.29, 1.82) is 0 Å². The van der Waals surface area contributed by atoms with Gasteiger partial charge in [-0.25, -0.2) is 9.18 Å². The van der Waals surface area contributed by atoms with Gasteiger partial charge in [0, 0.05) is 19.1 Å². The highest BCUT2D eigenvalue weighted by atomic mass is 19.1. The summed E-state index contributed by atoms with van der Waals surface area (Å²) in [5.41, 5.74) is 0.648. The summed E-state index contributed by atoms with van der Waals surface area (Å²) in [6.45, 7) is 6.97. The molecule has 2 atom stereocenters. The minimum atomic E-state index is -0.720. The van der Waals surface area contributed by atoms with Crippen LogP contribution >= 0.6 is 0 Å². The highest BCUT2D eigenvalue weighted by Crippen LogP contribution is 2.18. The van der Waals surface area contributed by atoms with Crippen molar-refractivity contribution >= 4 is 6.03 Å². The zero-order valence-corrected chi connectivity index (χ0v) is 12.3. The molecule has 0 aliphatic heterocycles. The van der Waals surface area contributed by atoms with E-state index < -0.39 is 6.10 Å². The second kappa shape index (κ2) is 7.85. The molecule has 0 aliphatic rings. The molecule has 4 nitrogen and oxygen atoms in total. The van der Waals surface area contributed by atoms with Crippen LogP contribution in [0.5, 0.6) is 0 Å². The monoisotopic (exact) mass is 282 g/mol. The minimum Gasteiger partial charge on any atom is -0.388 e.